The van der Waals surface area contributed by atoms with E-state index >= 15 is 0 Å². The third-order valence-electron chi connectivity index (χ3n) is 2.18. The molecule has 1 heterocycles. The number of hydrogen-bond donors (Lipinski definition) is 0. The van der Waals surface area contributed by atoms with Crippen LogP contribution in [0.1, 0.15) is 23.9 Å². The molecule has 2 rings (SSSR count). The molecule has 0 bridgehead atoms. The van der Waals surface area contributed by atoms with Gasteiger partial charge in [-0.05, 0) is 34.1 Å². The average Bonchev–Trinajstić information content (AvgIpc) is 2.68. The SMILES string of the molecule is CCC(=O)c1cc2c(F)ccc(Br)c2o1. The van der Waals surface area contributed by atoms with Crippen molar-refractivity contribution in [2.24, 2.45) is 0 Å². The Bertz CT molecular complexity index is 492. The van der Waals surface area contributed by atoms with Gasteiger partial charge < -0.3 is 4.42 Å². The van der Waals surface area contributed by atoms with Gasteiger partial charge in [0.05, 0.1) is 9.86 Å². The third-order valence-corrected chi connectivity index (χ3v) is 2.80. The van der Waals surface area contributed by atoms with Gasteiger partial charge in [-0.3, -0.25) is 4.79 Å². The maximum Gasteiger partial charge on any atom is 0.197 e. The number of Topliss-reactive ketones (excluding diaryl/α,β-unsaturated/α-hetero) is 1. The number of ketones is 1. The largest absolute Gasteiger partial charge is 0.452 e. The summed E-state index contributed by atoms with van der Waals surface area (Å²) in [7, 11) is 0. The highest BCUT2D eigenvalue weighted by atomic mass is 79.9. The van der Waals surface area contributed by atoms with Crippen LogP contribution in [0, 0.1) is 5.82 Å². The lowest BCUT2D eigenvalue weighted by atomic mass is 10.2. The van der Waals surface area contributed by atoms with Gasteiger partial charge in [-0.15, -0.1) is 0 Å². The van der Waals surface area contributed by atoms with Crippen LogP contribution in [0.3, 0.4) is 0 Å². The smallest absolute Gasteiger partial charge is 0.197 e. The number of hydrogen-bond acceptors (Lipinski definition) is 2. The number of carbonyl (C=O) groups excluding carboxylic acids is 1. The van der Waals surface area contributed by atoms with Gasteiger partial charge in [-0.2, -0.15) is 0 Å². The molecule has 2 nitrogen and oxygen atoms in total. The standard InChI is InChI=1S/C11H8BrFO2/c1-2-9(14)10-5-6-8(13)4-3-7(12)11(6)15-10/h3-5H,2H2,1H3. The van der Waals surface area contributed by atoms with E-state index in [0.717, 1.165) is 0 Å². The summed E-state index contributed by atoms with van der Waals surface area (Å²) in [5.74, 6) is -0.303. The fraction of sp³-hybridized carbons (Fsp3) is 0.182. The van der Waals surface area contributed by atoms with Crippen LogP contribution in [0.15, 0.2) is 27.1 Å². The lowest BCUT2D eigenvalue weighted by Gasteiger charge is -1.92. The highest BCUT2D eigenvalue weighted by Gasteiger charge is 2.14. The van der Waals surface area contributed by atoms with Gasteiger partial charge in [0.15, 0.2) is 17.1 Å². The first-order valence-corrected chi connectivity index (χ1v) is 5.33. The Hall–Kier alpha value is -1.16. The van der Waals surface area contributed by atoms with Crippen LogP contribution in [0.25, 0.3) is 11.0 Å². The summed E-state index contributed by atoms with van der Waals surface area (Å²) in [6, 6.07) is 4.34. The first kappa shape index (κ1) is 10.4. The minimum Gasteiger partial charge on any atom is -0.452 e. The second-order valence-electron chi connectivity index (χ2n) is 3.16. The lowest BCUT2D eigenvalue weighted by molar-refractivity contribution is 0.0963. The summed E-state index contributed by atoms with van der Waals surface area (Å²) in [6.45, 7) is 1.74. The molecule has 0 unspecified atom stereocenters. The van der Waals surface area contributed by atoms with E-state index in [-0.39, 0.29) is 17.4 Å². The Morgan fingerprint density at radius 2 is 2.27 bits per heavy atom. The summed E-state index contributed by atoms with van der Waals surface area (Å²) < 4.78 is 19.3. The van der Waals surface area contributed by atoms with E-state index < -0.39 is 0 Å². The van der Waals surface area contributed by atoms with Gasteiger partial charge in [0.1, 0.15) is 5.82 Å². The van der Waals surface area contributed by atoms with Crippen LogP contribution in [-0.2, 0) is 0 Å². The molecule has 78 valence electrons. The van der Waals surface area contributed by atoms with Gasteiger partial charge in [0.25, 0.3) is 0 Å². The molecule has 0 aliphatic carbocycles. The maximum absolute atomic E-state index is 13.4. The van der Waals surface area contributed by atoms with Crippen molar-refractivity contribution in [1.29, 1.82) is 0 Å². The molecule has 0 fully saturated rings. The van der Waals surface area contributed by atoms with Crippen LogP contribution in [0.4, 0.5) is 4.39 Å². The minimum absolute atomic E-state index is 0.127. The van der Waals surface area contributed by atoms with E-state index in [4.69, 9.17) is 4.42 Å². The van der Waals surface area contributed by atoms with Gasteiger partial charge in [0.2, 0.25) is 0 Å². The van der Waals surface area contributed by atoms with Crippen LogP contribution >= 0.6 is 15.9 Å². The molecule has 0 N–H and O–H groups in total. The normalized spacial score (nSPS) is 10.9. The highest BCUT2D eigenvalue weighted by Crippen LogP contribution is 2.29. The summed E-state index contributed by atoms with van der Waals surface area (Å²) in [5.41, 5.74) is 0.381. The first-order valence-electron chi connectivity index (χ1n) is 4.54. The monoisotopic (exact) mass is 270 g/mol. The third kappa shape index (κ3) is 1.69. The van der Waals surface area contributed by atoms with Crippen LogP contribution < -0.4 is 0 Å². The molecule has 0 amide bonds. The molecule has 0 aliphatic rings. The van der Waals surface area contributed by atoms with E-state index in [1.165, 1.54) is 12.1 Å². The molecule has 0 spiro atoms. The van der Waals surface area contributed by atoms with Gasteiger partial charge >= 0.3 is 0 Å². The van der Waals surface area contributed by atoms with Gasteiger partial charge in [-0.25, -0.2) is 4.39 Å². The fourth-order valence-electron chi connectivity index (χ4n) is 1.37. The topological polar surface area (TPSA) is 30.2 Å². The summed E-state index contributed by atoms with van der Waals surface area (Å²) >= 11 is 3.24. The Balaban J connectivity index is 2.70. The molecule has 15 heavy (non-hydrogen) atoms. The molecule has 0 radical (unpaired) electrons. The van der Waals surface area contributed by atoms with Crippen molar-refractivity contribution in [3.63, 3.8) is 0 Å². The van der Waals surface area contributed by atoms with Crippen LogP contribution in [0.2, 0.25) is 0 Å². The average molecular weight is 271 g/mol. The molecule has 4 heteroatoms. The van der Waals surface area contributed by atoms with Crippen molar-refractivity contribution in [3.8, 4) is 0 Å². The molecule has 1 aromatic heterocycles. The second-order valence-corrected chi connectivity index (χ2v) is 4.01. The molecule has 0 atom stereocenters. The molecule has 0 aliphatic heterocycles. The Kier molecular flexibility index (Phi) is 2.61. The Morgan fingerprint density at radius 3 is 2.87 bits per heavy atom. The molecular formula is C11H8BrFO2. The second kappa shape index (κ2) is 3.77. The number of fused-ring (bicyclic) bond motifs is 1. The molecule has 0 saturated heterocycles. The molecular weight excluding hydrogens is 263 g/mol. The number of furan rings is 1. The van der Waals surface area contributed by atoms with Gasteiger partial charge in [0, 0.05) is 6.42 Å². The van der Waals surface area contributed by atoms with Crippen molar-refractivity contribution in [3.05, 3.63) is 34.2 Å². The van der Waals surface area contributed by atoms with Crippen molar-refractivity contribution in [2.45, 2.75) is 13.3 Å². The van der Waals surface area contributed by atoms with E-state index in [0.29, 0.717) is 21.9 Å². The zero-order valence-electron chi connectivity index (χ0n) is 8.01. The van der Waals surface area contributed by atoms with E-state index in [9.17, 15) is 9.18 Å². The van der Waals surface area contributed by atoms with Crippen molar-refractivity contribution in [1.82, 2.24) is 0 Å². The van der Waals surface area contributed by atoms with Crippen LogP contribution in [-0.4, -0.2) is 5.78 Å². The number of rotatable bonds is 2. The Labute approximate surface area is 94.2 Å². The number of carbonyl (C=O) groups is 1. The zero-order chi connectivity index (χ0) is 11.0. The fourth-order valence-corrected chi connectivity index (χ4v) is 1.80. The molecule has 2 aromatic rings. The lowest BCUT2D eigenvalue weighted by Crippen LogP contribution is -1.92. The quantitative estimate of drug-likeness (QED) is 0.775. The van der Waals surface area contributed by atoms with E-state index in [2.05, 4.69) is 15.9 Å². The highest BCUT2D eigenvalue weighted by molar-refractivity contribution is 9.10. The van der Waals surface area contributed by atoms with E-state index in [1.807, 2.05) is 0 Å². The van der Waals surface area contributed by atoms with Crippen molar-refractivity contribution in [2.75, 3.05) is 0 Å². The van der Waals surface area contributed by atoms with Crippen molar-refractivity contribution >= 4 is 32.7 Å². The Morgan fingerprint density at radius 1 is 1.53 bits per heavy atom. The number of benzene rings is 1. The summed E-state index contributed by atoms with van der Waals surface area (Å²) in [4.78, 5) is 11.4. The minimum atomic E-state index is -0.382. The molecule has 0 saturated carbocycles. The predicted octanol–water partition coefficient (Wildman–Crippen LogP) is 3.93. The summed E-state index contributed by atoms with van der Waals surface area (Å²) in [5, 5.41) is 0.334. The number of halogens is 2. The van der Waals surface area contributed by atoms with Crippen LogP contribution in [0.5, 0.6) is 0 Å². The summed E-state index contributed by atoms with van der Waals surface area (Å²) in [6.07, 6.45) is 0.346. The zero-order valence-corrected chi connectivity index (χ0v) is 9.60. The first-order chi connectivity index (χ1) is 7.13. The molecule has 1 aromatic carbocycles. The predicted molar refractivity (Wildman–Crippen MR) is 58.5 cm³/mol. The van der Waals surface area contributed by atoms with Crippen molar-refractivity contribution < 1.29 is 13.6 Å². The maximum atomic E-state index is 13.4. The van der Waals surface area contributed by atoms with Gasteiger partial charge in [-0.1, -0.05) is 6.92 Å². The van der Waals surface area contributed by atoms with E-state index in [1.54, 1.807) is 13.0 Å².